The summed E-state index contributed by atoms with van der Waals surface area (Å²) >= 11 is 0. The highest BCUT2D eigenvalue weighted by Gasteiger charge is 2.27. The number of nitrogens with one attached hydrogen (secondary N) is 2. The number of piperidine rings is 1. The average Bonchev–Trinajstić information content (AvgIpc) is 3.26. The first-order chi connectivity index (χ1) is 13.7. The fourth-order valence-corrected chi connectivity index (χ4v) is 4.05. The Hall–Kier alpha value is -1.53. The summed E-state index contributed by atoms with van der Waals surface area (Å²) in [5.74, 6) is 1.86. The second kappa shape index (κ2) is 12.1. The van der Waals surface area contributed by atoms with Crippen molar-refractivity contribution < 1.29 is 9.52 Å². The number of rotatable bonds is 11. The molecule has 0 aromatic carbocycles. The topological polar surface area (TPSA) is 73.0 Å². The molecule has 1 aliphatic rings. The number of aliphatic hydroxyl groups is 1. The van der Waals surface area contributed by atoms with Crippen molar-refractivity contribution in [2.75, 3.05) is 39.3 Å². The van der Waals surface area contributed by atoms with Crippen LogP contribution >= 0.6 is 0 Å². The largest absolute Gasteiger partial charge is 0.468 e. The third-order valence-corrected chi connectivity index (χ3v) is 6.22. The summed E-state index contributed by atoms with van der Waals surface area (Å²) in [4.78, 5) is 7.40. The van der Waals surface area contributed by atoms with Gasteiger partial charge in [0.25, 0.3) is 0 Å². The van der Waals surface area contributed by atoms with Gasteiger partial charge in [0.2, 0.25) is 0 Å². The number of hydrogen-bond donors (Lipinski definition) is 3. The van der Waals surface area contributed by atoms with Gasteiger partial charge in [0, 0.05) is 26.2 Å². The van der Waals surface area contributed by atoms with Crippen LogP contribution in [-0.4, -0.2) is 55.3 Å². The zero-order valence-corrected chi connectivity index (χ0v) is 18.0. The number of furan rings is 1. The molecular formula is C22H40N4O2. The van der Waals surface area contributed by atoms with Gasteiger partial charge in [0.15, 0.2) is 5.96 Å². The molecule has 28 heavy (non-hydrogen) atoms. The van der Waals surface area contributed by atoms with E-state index in [1.165, 1.54) is 19.3 Å². The van der Waals surface area contributed by atoms with Gasteiger partial charge in [-0.2, -0.15) is 0 Å². The third-order valence-electron chi connectivity index (χ3n) is 6.22. The molecule has 1 unspecified atom stereocenters. The molecule has 160 valence electrons. The van der Waals surface area contributed by atoms with Crippen LogP contribution in [0, 0.1) is 5.41 Å². The first-order valence-corrected chi connectivity index (χ1v) is 11.1. The van der Waals surface area contributed by atoms with E-state index >= 15 is 0 Å². The maximum atomic E-state index is 9.46. The van der Waals surface area contributed by atoms with Crippen molar-refractivity contribution in [2.24, 2.45) is 10.4 Å². The van der Waals surface area contributed by atoms with Gasteiger partial charge < -0.3 is 20.2 Å². The Balaban J connectivity index is 2.06. The summed E-state index contributed by atoms with van der Waals surface area (Å²) in [5.41, 5.74) is 0.0738. The summed E-state index contributed by atoms with van der Waals surface area (Å²) in [6.07, 6.45) is 8.43. The molecule has 0 amide bonds. The number of guanidine groups is 1. The van der Waals surface area contributed by atoms with E-state index in [9.17, 15) is 5.11 Å². The fraction of sp³-hybridized carbons (Fsp3) is 0.773. The van der Waals surface area contributed by atoms with Crippen LogP contribution in [0.5, 0.6) is 0 Å². The van der Waals surface area contributed by atoms with Crippen LogP contribution in [0.1, 0.15) is 71.1 Å². The molecule has 1 saturated heterocycles. The first-order valence-electron chi connectivity index (χ1n) is 11.1. The molecular weight excluding hydrogens is 352 g/mol. The fourth-order valence-electron chi connectivity index (χ4n) is 4.05. The van der Waals surface area contributed by atoms with E-state index in [1.54, 1.807) is 6.26 Å². The third kappa shape index (κ3) is 6.52. The first kappa shape index (κ1) is 22.8. The molecule has 1 fully saturated rings. The monoisotopic (exact) mass is 392 g/mol. The van der Waals surface area contributed by atoms with Crippen LogP contribution in [0.3, 0.4) is 0 Å². The SMILES string of the molecule is CCNC(=NCC(CC)(CC)CCO)NCC(c1ccco1)N1CCCCC1. The number of nitrogens with zero attached hydrogens (tertiary/aromatic N) is 2. The quantitative estimate of drug-likeness (QED) is 0.397. The van der Waals surface area contributed by atoms with Gasteiger partial charge in [-0.05, 0) is 69.7 Å². The Kier molecular flexibility index (Phi) is 9.85. The minimum absolute atomic E-state index is 0.0738. The minimum atomic E-state index is 0.0738. The van der Waals surface area contributed by atoms with Crippen LogP contribution in [0.4, 0.5) is 0 Å². The van der Waals surface area contributed by atoms with Gasteiger partial charge in [-0.15, -0.1) is 0 Å². The van der Waals surface area contributed by atoms with Crippen molar-refractivity contribution in [3.8, 4) is 0 Å². The van der Waals surface area contributed by atoms with Crippen molar-refractivity contribution in [3.05, 3.63) is 24.2 Å². The zero-order chi connectivity index (χ0) is 20.2. The van der Waals surface area contributed by atoms with E-state index in [4.69, 9.17) is 9.41 Å². The lowest BCUT2D eigenvalue weighted by Gasteiger charge is -2.34. The molecule has 2 rings (SSSR count). The van der Waals surface area contributed by atoms with Crippen molar-refractivity contribution >= 4 is 5.96 Å². The molecule has 6 heteroatoms. The van der Waals surface area contributed by atoms with E-state index in [2.05, 4.69) is 42.4 Å². The van der Waals surface area contributed by atoms with E-state index in [-0.39, 0.29) is 18.1 Å². The highest BCUT2D eigenvalue weighted by molar-refractivity contribution is 5.79. The Morgan fingerprint density at radius 1 is 1.21 bits per heavy atom. The normalized spacial score (nSPS) is 17.5. The van der Waals surface area contributed by atoms with Crippen LogP contribution in [0.25, 0.3) is 0 Å². The summed E-state index contributed by atoms with van der Waals surface area (Å²) in [6.45, 7) is 11.2. The summed E-state index contributed by atoms with van der Waals surface area (Å²) in [6, 6.07) is 4.27. The standard InChI is InChI=1S/C22H40N4O2/c1-4-22(5-2,12-15-27)18-25-21(23-6-3)24-17-19(20-11-10-16-28-20)26-13-8-7-9-14-26/h10-11,16,19,27H,4-9,12-15,17-18H2,1-3H3,(H2,23,24,25). The minimum Gasteiger partial charge on any atom is -0.468 e. The Labute approximate surface area is 170 Å². The smallest absolute Gasteiger partial charge is 0.191 e. The number of likely N-dealkylation sites (tertiary alicyclic amines) is 1. The van der Waals surface area contributed by atoms with E-state index in [0.29, 0.717) is 0 Å². The maximum Gasteiger partial charge on any atom is 0.191 e. The van der Waals surface area contributed by atoms with Gasteiger partial charge in [0.05, 0.1) is 12.3 Å². The van der Waals surface area contributed by atoms with Gasteiger partial charge >= 0.3 is 0 Å². The van der Waals surface area contributed by atoms with Gasteiger partial charge in [0.1, 0.15) is 5.76 Å². The lowest BCUT2D eigenvalue weighted by Crippen LogP contribution is -2.44. The molecule has 0 spiro atoms. The number of aliphatic imine (C=N–C) groups is 1. The molecule has 0 saturated carbocycles. The molecule has 1 aromatic heterocycles. The molecule has 0 aliphatic carbocycles. The molecule has 0 bridgehead atoms. The molecule has 1 atom stereocenters. The number of aliphatic hydroxyl groups excluding tert-OH is 1. The zero-order valence-electron chi connectivity index (χ0n) is 18.0. The molecule has 0 radical (unpaired) electrons. The van der Waals surface area contributed by atoms with Crippen LogP contribution in [-0.2, 0) is 0 Å². The molecule has 1 aliphatic heterocycles. The second-order valence-electron chi connectivity index (χ2n) is 7.88. The lowest BCUT2D eigenvalue weighted by molar-refractivity contribution is 0.146. The predicted octanol–water partition coefficient (Wildman–Crippen LogP) is 3.55. The van der Waals surface area contributed by atoms with Crippen LogP contribution in [0.2, 0.25) is 0 Å². The summed E-state index contributed by atoms with van der Waals surface area (Å²) in [7, 11) is 0. The Bertz CT molecular complexity index is 549. The lowest BCUT2D eigenvalue weighted by atomic mass is 9.79. The van der Waals surface area contributed by atoms with Crippen LogP contribution in [0.15, 0.2) is 27.8 Å². The molecule has 2 heterocycles. The van der Waals surface area contributed by atoms with E-state index in [1.807, 2.05) is 6.07 Å². The van der Waals surface area contributed by atoms with Crippen LogP contribution < -0.4 is 10.6 Å². The van der Waals surface area contributed by atoms with Gasteiger partial charge in [-0.3, -0.25) is 9.89 Å². The van der Waals surface area contributed by atoms with Crippen molar-refractivity contribution in [3.63, 3.8) is 0 Å². The molecule has 1 aromatic rings. The van der Waals surface area contributed by atoms with E-state index in [0.717, 1.165) is 63.7 Å². The van der Waals surface area contributed by atoms with E-state index < -0.39 is 0 Å². The maximum absolute atomic E-state index is 9.46. The highest BCUT2D eigenvalue weighted by atomic mass is 16.3. The Morgan fingerprint density at radius 2 is 1.96 bits per heavy atom. The average molecular weight is 393 g/mol. The van der Waals surface area contributed by atoms with Crippen molar-refractivity contribution in [2.45, 2.75) is 65.3 Å². The predicted molar refractivity (Wildman–Crippen MR) is 116 cm³/mol. The van der Waals surface area contributed by atoms with Crippen molar-refractivity contribution in [1.82, 2.24) is 15.5 Å². The molecule has 6 nitrogen and oxygen atoms in total. The highest BCUT2D eigenvalue weighted by Crippen LogP contribution is 2.30. The summed E-state index contributed by atoms with van der Waals surface area (Å²) in [5, 5.41) is 16.4. The number of hydrogen-bond acceptors (Lipinski definition) is 4. The summed E-state index contributed by atoms with van der Waals surface area (Å²) < 4.78 is 5.75. The second-order valence-corrected chi connectivity index (χ2v) is 7.88. The van der Waals surface area contributed by atoms with Crippen molar-refractivity contribution in [1.29, 1.82) is 0 Å². The van der Waals surface area contributed by atoms with Gasteiger partial charge in [-0.1, -0.05) is 20.3 Å². The molecule has 3 N–H and O–H groups in total. The van der Waals surface area contributed by atoms with Gasteiger partial charge in [-0.25, -0.2) is 0 Å². The Morgan fingerprint density at radius 3 is 2.54 bits per heavy atom.